The summed E-state index contributed by atoms with van der Waals surface area (Å²) in [6, 6.07) is 17.8. The van der Waals surface area contributed by atoms with Crippen molar-refractivity contribution in [1.29, 1.82) is 0 Å². The second-order valence-electron chi connectivity index (χ2n) is 7.67. The molecule has 1 fully saturated rings. The standard InChI is InChI=1S/C24H21ClFN3O4S/c25-21-15-19(12-13-22(21)26)29(34(32,33)20-5-2-1-3-6-20)16-23(30)27-17-8-10-18(11-9-17)28-14-4-7-24(28)31/h1-3,5-6,8-13,15H,4,7,14,16H2,(H,27,30). The lowest BCUT2D eigenvalue weighted by Gasteiger charge is -2.24. The van der Waals surface area contributed by atoms with Gasteiger partial charge in [0.15, 0.2) is 0 Å². The smallest absolute Gasteiger partial charge is 0.264 e. The Labute approximate surface area is 201 Å². The predicted molar refractivity (Wildman–Crippen MR) is 129 cm³/mol. The van der Waals surface area contributed by atoms with Crippen molar-refractivity contribution in [2.75, 3.05) is 27.6 Å². The molecule has 0 aromatic heterocycles. The van der Waals surface area contributed by atoms with Crippen molar-refractivity contribution in [3.05, 3.63) is 83.6 Å². The van der Waals surface area contributed by atoms with E-state index in [4.69, 9.17) is 11.6 Å². The van der Waals surface area contributed by atoms with Crippen LogP contribution in [0.15, 0.2) is 77.7 Å². The van der Waals surface area contributed by atoms with Gasteiger partial charge in [-0.25, -0.2) is 12.8 Å². The van der Waals surface area contributed by atoms with Crippen molar-refractivity contribution < 1.29 is 22.4 Å². The molecule has 1 aliphatic heterocycles. The fourth-order valence-corrected chi connectivity index (χ4v) is 5.26. The van der Waals surface area contributed by atoms with Crippen molar-refractivity contribution in [3.8, 4) is 0 Å². The molecule has 0 unspecified atom stereocenters. The number of anilines is 3. The zero-order chi connectivity index (χ0) is 24.3. The minimum absolute atomic E-state index is 0.0251. The highest BCUT2D eigenvalue weighted by molar-refractivity contribution is 7.92. The third-order valence-electron chi connectivity index (χ3n) is 5.35. The molecule has 3 aromatic rings. The van der Waals surface area contributed by atoms with E-state index in [1.807, 2.05) is 0 Å². The Morgan fingerprint density at radius 1 is 1.06 bits per heavy atom. The molecule has 0 bridgehead atoms. The number of carbonyl (C=O) groups excluding carboxylic acids is 2. The van der Waals surface area contributed by atoms with Crippen molar-refractivity contribution in [3.63, 3.8) is 0 Å². The summed E-state index contributed by atoms with van der Waals surface area (Å²) in [6.07, 6.45) is 1.31. The van der Waals surface area contributed by atoms with E-state index in [2.05, 4.69) is 5.32 Å². The van der Waals surface area contributed by atoms with Crippen LogP contribution in [-0.2, 0) is 19.6 Å². The van der Waals surface area contributed by atoms with Crippen LogP contribution in [0.4, 0.5) is 21.5 Å². The lowest BCUT2D eigenvalue weighted by atomic mass is 10.2. The molecule has 1 heterocycles. The van der Waals surface area contributed by atoms with Crippen molar-refractivity contribution in [1.82, 2.24) is 0 Å². The molecule has 0 saturated carbocycles. The van der Waals surface area contributed by atoms with Gasteiger partial charge < -0.3 is 10.2 Å². The summed E-state index contributed by atoms with van der Waals surface area (Å²) in [5.41, 5.74) is 1.22. The van der Waals surface area contributed by atoms with Gasteiger partial charge in [-0.1, -0.05) is 29.8 Å². The minimum atomic E-state index is -4.15. The van der Waals surface area contributed by atoms with E-state index in [-0.39, 0.29) is 21.5 Å². The second-order valence-corrected chi connectivity index (χ2v) is 9.94. The first-order valence-corrected chi connectivity index (χ1v) is 12.3. The molecule has 1 saturated heterocycles. The van der Waals surface area contributed by atoms with Crippen LogP contribution in [0.2, 0.25) is 5.02 Å². The number of hydrogen-bond acceptors (Lipinski definition) is 4. The maximum Gasteiger partial charge on any atom is 0.264 e. The van der Waals surface area contributed by atoms with Gasteiger partial charge in [0, 0.05) is 24.3 Å². The first kappa shape index (κ1) is 23.7. The summed E-state index contributed by atoms with van der Waals surface area (Å²) in [6.45, 7) is 0.0859. The van der Waals surface area contributed by atoms with Crippen LogP contribution in [-0.4, -0.2) is 33.3 Å². The van der Waals surface area contributed by atoms with Crippen molar-refractivity contribution in [2.24, 2.45) is 0 Å². The number of nitrogens with one attached hydrogen (secondary N) is 1. The van der Waals surface area contributed by atoms with Gasteiger partial charge >= 0.3 is 0 Å². The maximum atomic E-state index is 13.7. The topological polar surface area (TPSA) is 86.8 Å². The Balaban J connectivity index is 1.57. The Bertz CT molecular complexity index is 1320. The fraction of sp³-hybridized carbons (Fsp3) is 0.167. The number of hydrogen-bond donors (Lipinski definition) is 1. The van der Waals surface area contributed by atoms with Crippen molar-refractivity contribution >= 4 is 50.5 Å². The molecule has 7 nitrogen and oxygen atoms in total. The third kappa shape index (κ3) is 5.05. The minimum Gasteiger partial charge on any atom is -0.325 e. The van der Waals surface area contributed by atoms with Gasteiger partial charge in [-0.3, -0.25) is 13.9 Å². The van der Waals surface area contributed by atoms with Gasteiger partial charge in [0.05, 0.1) is 15.6 Å². The fourth-order valence-electron chi connectivity index (χ4n) is 3.65. The van der Waals surface area contributed by atoms with Gasteiger partial charge in [0.25, 0.3) is 10.0 Å². The van der Waals surface area contributed by atoms with Gasteiger partial charge in [0.1, 0.15) is 12.4 Å². The Hall–Kier alpha value is -3.43. The summed E-state index contributed by atoms with van der Waals surface area (Å²) in [7, 11) is -4.15. The van der Waals surface area contributed by atoms with E-state index in [0.717, 1.165) is 28.5 Å². The van der Waals surface area contributed by atoms with Crippen LogP contribution in [0.5, 0.6) is 0 Å². The van der Waals surface area contributed by atoms with E-state index in [1.165, 1.54) is 18.2 Å². The lowest BCUT2D eigenvalue weighted by Crippen LogP contribution is -2.38. The summed E-state index contributed by atoms with van der Waals surface area (Å²) in [4.78, 5) is 26.4. The molecule has 0 atom stereocenters. The van der Waals surface area contributed by atoms with E-state index in [1.54, 1.807) is 47.4 Å². The molecule has 1 N–H and O–H groups in total. The summed E-state index contributed by atoms with van der Waals surface area (Å²) in [5, 5.41) is 2.40. The van der Waals surface area contributed by atoms with Gasteiger partial charge in [0.2, 0.25) is 11.8 Å². The Morgan fingerprint density at radius 2 is 1.76 bits per heavy atom. The Kier molecular flexibility index (Phi) is 6.85. The van der Waals surface area contributed by atoms with E-state index in [0.29, 0.717) is 18.7 Å². The van der Waals surface area contributed by atoms with Gasteiger partial charge in [-0.05, 0) is 61.0 Å². The average molecular weight is 502 g/mol. The molecule has 1 aliphatic rings. The van der Waals surface area contributed by atoms with Crippen LogP contribution >= 0.6 is 11.6 Å². The van der Waals surface area contributed by atoms with Crippen LogP contribution in [0.3, 0.4) is 0 Å². The molecular formula is C24H21ClFN3O4S. The number of amides is 2. The van der Waals surface area contributed by atoms with E-state index in [9.17, 15) is 22.4 Å². The third-order valence-corrected chi connectivity index (χ3v) is 7.42. The Morgan fingerprint density at radius 3 is 2.38 bits per heavy atom. The van der Waals surface area contributed by atoms with Crippen LogP contribution in [0.1, 0.15) is 12.8 Å². The summed E-state index contributed by atoms with van der Waals surface area (Å²) in [5.74, 6) is -1.26. The SMILES string of the molecule is O=C(CN(c1ccc(F)c(Cl)c1)S(=O)(=O)c1ccccc1)Nc1ccc(N2CCCC2=O)cc1. The molecule has 0 radical (unpaired) electrons. The number of sulfonamides is 1. The number of nitrogens with zero attached hydrogens (tertiary/aromatic N) is 2. The maximum absolute atomic E-state index is 13.7. The highest BCUT2D eigenvalue weighted by Gasteiger charge is 2.28. The van der Waals surface area contributed by atoms with Crippen LogP contribution < -0.4 is 14.5 Å². The zero-order valence-electron chi connectivity index (χ0n) is 17.9. The molecule has 10 heteroatoms. The van der Waals surface area contributed by atoms with Crippen LogP contribution in [0.25, 0.3) is 0 Å². The van der Waals surface area contributed by atoms with Gasteiger partial charge in [-0.2, -0.15) is 0 Å². The van der Waals surface area contributed by atoms with E-state index >= 15 is 0 Å². The number of halogens is 2. The van der Waals surface area contributed by atoms with Crippen LogP contribution in [0, 0.1) is 5.82 Å². The normalized spacial score (nSPS) is 13.7. The molecule has 4 rings (SSSR count). The quantitative estimate of drug-likeness (QED) is 0.518. The molecular weight excluding hydrogens is 481 g/mol. The first-order chi connectivity index (χ1) is 16.3. The monoisotopic (exact) mass is 501 g/mol. The number of rotatable bonds is 7. The molecule has 2 amide bonds. The highest BCUT2D eigenvalue weighted by Crippen LogP contribution is 2.28. The average Bonchev–Trinajstić information content (AvgIpc) is 3.26. The molecule has 0 spiro atoms. The molecule has 0 aliphatic carbocycles. The largest absolute Gasteiger partial charge is 0.325 e. The van der Waals surface area contributed by atoms with Gasteiger partial charge in [-0.15, -0.1) is 0 Å². The lowest BCUT2D eigenvalue weighted by molar-refractivity contribution is -0.117. The zero-order valence-corrected chi connectivity index (χ0v) is 19.5. The predicted octanol–water partition coefficient (Wildman–Crippen LogP) is 4.44. The van der Waals surface area contributed by atoms with Crippen molar-refractivity contribution in [2.45, 2.75) is 17.7 Å². The summed E-state index contributed by atoms with van der Waals surface area (Å²) < 4.78 is 41.2. The molecule has 176 valence electrons. The molecule has 3 aromatic carbocycles. The first-order valence-electron chi connectivity index (χ1n) is 10.5. The number of carbonyl (C=O) groups is 2. The molecule has 34 heavy (non-hydrogen) atoms. The summed E-state index contributed by atoms with van der Waals surface area (Å²) >= 11 is 5.87. The highest BCUT2D eigenvalue weighted by atomic mass is 35.5. The second kappa shape index (κ2) is 9.82. The number of benzene rings is 3. The van der Waals surface area contributed by atoms with E-state index < -0.39 is 28.3 Å².